The molecule has 1 heterocycles. The van der Waals surface area contributed by atoms with Gasteiger partial charge in [-0.15, -0.1) is 0 Å². The number of carbonyl (C=O) groups excluding carboxylic acids is 2. The van der Waals surface area contributed by atoms with E-state index in [-0.39, 0.29) is 11.7 Å². The van der Waals surface area contributed by atoms with Gasteiger partial charge in [0.1, 0.15) is 11.7 Å². The number of Topliss-reactive ketones (excluding diaryl/α,β-unsaturated/α-hetero) is 1. The first-order valence-corrected chi connectivity index (χ1v) is 5.15. The summed E-state index contributed by atoms with van der Waals surface area (Å²) in [5.74, 6) is -1.08. The van der Waals surface area contributed by atoms with Crippen LogP contribution in [0, 0.1) is 18.8 Å². The van der Waals surface area contributed by atoms with E-state index in [1.54, 1.807) is 13.0 Å². The molecule has 4 nitrogen and oxygen atoms in total. The van der Waals surface area contributed by atoms with Gasteiger partial charge in [0.25, 0.3) is 0 Å². The Hall–Kier alpha value is -1.58. The number of aryl methyl sites for hydroxylation is 1. The van der Waals surface area contributed by atoms with E-state index in [0.717, 1.165) is 0 Å². The molecule has 1 rings (SSSR count). The fourth-order valence-electron chi connectivity index (χ4n) is 1.62. The Balaban J connectivity index is 3.01. The van der Waals surface area contributed by atoms with Gasteiger partial charge in [0.15, 0.2) is 5.78 Å². The van der Waals surface area contributed by atoms with E-state index < -0.39 is 11.9 Å². The van der Waals surface area contributed by atoms with Crippen molar-refractivity contribution >= 4 is 11.8 Å². The molecule has 0 radical (unpaired) electrons. The average molecular weight is 224 g/mol. The summed E-state index contributed by atoms with van der Waals surface area (Å²) < 4.78 is 9.70. The molecular formula is C12H16O4. The fraction of sp³-hybridized carbons (Fsp3) is 0.500. The maximum absolute atomic E-state index is 12.1. The highest BCUT2D eigenvalue weighted by molar-refractivity contribution is 6.09. The van der Waals surface area contributed by atoms with E-state index in [0.29, 0.717) is 11.3 Å². The molecule has 0 fully saturated rings. The predicted octanol–water partition coefficient (Wildman–Crippen LogP) is 2.22. The molecular weight excluding hydrogens is 208 g/mol. The lowest BCUT2D eigenvalue weighted by Gasteiger charge is -2.16. The Kier molecular flexibility index (Phi) is 3.88. The smallest absolute Gasteiger partial charge is 0.316 e. The maximum Gasteiger partial charge on any atom is 0.316 e. The van der Waals surface area contributed by atoms with Crippen molar-refractivity contribution in [3.05, 3.63) is 23.7 Å². The van der Waals surface area contributed by atoms with Gasteiger partial charge in [-0.3, -0.25) is 9.59 Å². The van der Waals surface area contributed by atoms with Crippen molar-refractivity contribution in [2.45, 2.75) is 20.8 Å². The topological polar surface area (TPSA) is 56.5 Å². The predicted molar refractivity (Wildman–Crippen MR) is 58.1 cm³/mol. The van der Waals surface area contributed by atoms with Crippen molar-refractivity contribution in [1.29, 1.82) is 0 Å². The largest absolute Gasteiger partial charge is 0.469 e. The second-order valence-corrected chi connectivity index (χ2v) is 4.00. The number of rotatable bonds is 4. The number of carbonyl (C=O) groups is 2. The molecule has 0 saturated heterocycles. The van der Waals surface area contributed by atoms with Crippen LogP contribution in [0.15, 0.2) is 16.7 Å². The van der Waals surface area contributed by atoms with Crippen molar-refractivity contribution in [3.8, 4) is 0 Å². The molecule has 0 aromatic carbocycles. The Morgan fingerprint density at radius 3 is 2.38 bits per heavy atom. The van der Waals surface area contributed by atoms with E-state index in [2.05, 4.69) is 4.74 Å². The zero-order chi connectivity index (χ0) is 12.3. The third-order valence-electron chi connectivity index (χ3n) is 2.53. The van der Waals surface area contributed by atoms with Crippen molar-refractivity contribution in [3.63, 3.8) is 0 Å². The van der Waals surface area contributed by atoms with Gasteiger partial charge in [-0.25, -0.2) is 0 Å². The molecule has 1 atom stereocenters. The number of esters is 1. The second-order valence-electron chi connectivity index (χ2n) is 4.00. The lowest BCUT2D eigenvalue weighted by molar-refractivity contribution is -0.144. The minimum Gasteiger partial charge on any atom is -0.469 e. The first kappa shape index (κ1) is 12.5. The number of ether oxygens (including phenoxy) is 1. The molecule has 0 amide bonds. The molecule has 0 aliphatic heterocycles. The second kappa shape index (κ2) is 4.96. The third-order valence-corrected chi connectivity index (χ3v) is 2.53. The molecule has 0 aliphatic rings. The normalized spacial score (nSPS) is 12.6. The van der Waals surface area contributed by atoms with Crippen molar-refractivity contribution in [2.75, 3.05) is 7.11 Å². The molecule has 0 aliphatic carbocycles. The Labute approximate surface area is 94.6 Å². The van der Waals surface area contributed by atoms with Gasteiger partial charge in [0.2, 0.25) is 0 Å². The molecule has 1 unspecified atom stereocenters. The van der Waals surface area contributed by atoms with Gasteiger partial charge in [0, 0.05) is 0 Å². The molecule has 1 aromatic heterocycles. The number of hydrogen-bond acceptors (Lipinski definition) is 4. The molecule has 0 spiro atoms. The summed E-state index contributed by atoms with van der Waals surface area (Å²) in [6.45, 7) is 5.33. The minimum absolute atomic E-state index is 0.103. The summed E-state index contributed by atoms with van der Waals surface area (Å²) in [5, 5.41) is 0. The van der Waals surface area contributed by atoms with Crippen LogP contribution < -0.4 is 0 Å². The lowest BCUT2D eigenvalue weighted by atomic mass is 9.88. The zero-order valence-corrected chi connectivity index (χ0v) is 9.94. The fourth-order valence-corrected chi connectivity index (χ4v) is 1.62. The molecule has 1 aromatic rings. The summed E-state index contributed by atoms with van der Waals surface area (Å²) in [7, 11) is 1.28. The van der Waals surface area contributed by atoms with Crippen LogP contribution in [0.25, 0.3) is 0 Å². The highest BCUT2D eigenvalue weighted by Crippen LogP contribution is 2.21. The minimum atomic E-state index is -0.763. The summed E-state index contributed by atoms with van der Waals surface area (Å²) in [4.78, 5) is 23.6. The van der Waals surface area contributed by atoms with Crippen LogP contribution >= 0.6 is 0 Å². The zero-order valence-electron chi connectivity index (χ0n) is 9.94. The van der Waals surface area contributed by atoms with E-state index >= 15 is 0 Å². The van der Waals surface area contributed by atoms with Gasteiger partial charge < -0.3 is 9.15 Å². The summed E-state index contributed by atoms with van der Waals surface area (Å²) in [5.41, 5.74) is 0.448. The van der Waals surface area contributed by atoms with Crippen molar-refractivity contribution in [1.82, 2.24) is 0 Å². The highest BCUT2D eigenvalue weighted by Gasteiger charge is 2.32. The van der Waals surface area contributed by atoms with E-state index in [1.807, 2.05) is 13.8 Å². The SMILES string of the molecule is COC(=O)C(C(=O)c1ccoc1C)C(C)C. The van der Waals surface area contributed by atoms with Crippen molar-refractivity contribution in [2.24, 2.45) is 11.8 Å². The molecule has 0 N–H and O–H groups in total. The summed E-state index contributed by atoms with van der Waals surface area (Å²) in [6.07, 6.45) is 1.44. The monoisotopic (exact) mass is 224 g/mol. The van der Waals surface area contributed by atoms with Crippen LogP contribution in [0.1, 0.15) is 30.0 Å². The third kappa shape index (κ3) is 2.32. The van der Waals surface area contributed by atoms with Crippen molar-refractivity contribution < 1.29 is 18.7 Å². The Morgan fingerprint density at radius 2 is 2.00 bits per heavy atom. The molecule has 0 saturated carbocycles. The van der Waals surface area contributed by atoms with Crippen LogP contribution in [-0.2, 0) is 9.53 Å². The molecule has 88 valence electrons. The molecule has 4 heteroatoms. The van der Waals surface area contributed by atoms with Crippen LogP contribution in [0.5, 0.6) is 0 Å². The van der Waals surface area contributed by atoms with Crippen LogP contribution in [0.2, 0.25) is 0 Å². The number of furan rings is 1. The summed E-state index contributed by atoms with van der Waals surface area (Å²) >= 11 is 0. The lowest BCUT2D eigenvalue weighted by Crippen LogP contribution is -2.30. The van der Waals surface area contributed by atoms with E-state index in [1.165, 1.54) is 13.4 Å². The van der Waals surface area contributed by atoms with Crippen LogP contribution in [-0.4, -0.2) is 18.9 Å². The van der Waals surface area contributed by atoms with Gasteiger partial charge in [-0.1, -0.05) is 13.8 Å². The first-order chi connectivity index (χ1) is 7.49. The number of hydrogen-bond donors (Lipinski definition) is 0. The van der Waals surface area contributed by atoms with Crippen LogP contribution in [0.3, 0.4) is 0 Å². The highest BCUT2D eigenvalue weighted by atomic mass is 16.5. The van der Waals surface area contributed by atoms with Gasteiger partial charge in [-0.2, -0.15) is 0 Å². The Morgan fingerprint density at radius 1 is 1.38 bits per heavy atom. The number of ketones is 1. The van der Waals surface area contributed by atoms with Gasteiger partial charge in [-0.05, 0) is 18.9 Å². The van der Waals surface area contributed by atoms with Gasteiger partial charge in [0.05, 0.1) is 18.9 Å². The average Bonchev–Trinajstić information content (AvgIpc) is 2.63. The standard InChI is InChI=1S/C12H16O4/c1-7(2)10(12(14)15-4)11(13)9-5-6-16-8(9)3/h5-7,10H,1-4H3. The summed E-state index contributed by atoms with van der Waals surface area (Å²) in [6, 6.07) is 1.58. The van der Waals surface area contributed by atoms with E-state index in [4.69, 9.17) is 4.42 Å². The van der Waals surface area contributed by atoms with Gasteiger partial charge >= 0.3 is 5.97 Å². The first-order valence-electron chi connectivity index (χ1n) is 5.15. The Bertz CT molecular complexity index is 389. The van der Waals surface area contributed by atoms with E-state index in [9.17, 15) is 9.59 Å². The maximum atomic E-state index is 12.1. The number of methoxy groups -OCH3 is 1. The quantitative estimate of drug-likeness (QED) is 0.447. The van der Waals surface area contributed by atoms with Crippen LogP contribution in [0.4, 0.5) is 0 Å². The molecule has 0 bridgehead atoms. The molecule has 16 heavy (non-hydrogen) atoms.